The van der Waals surface area contributed by atoms with Crippen LogP contribution >= 0.6 is 0 Å². The lowest BCUT2D eigenvalue weighted by Gasteiger charge is -2.17. The number of unbranched alkanes of at least 4 members (excludes halogenated alkanes) is 10. The number of hydrogen-bond acceptors (Lipinski definition) is 3. The summed E-state index contributed by atoms with van der Waals surface area (Å²) >= 11 is 0. The largest absolute Gasteiger partial charge is 0.342 e. The molecule has 0 aliphatic carbocycles. The number of hydrogen-bond donors (Lipinski definition) is 0. The minimum Gasteiger partial charge on any atom is -0.298 e. The molecule has 0 aliphatic heterocycles. The molecule has 0 aromatic carbocycles. The van der Waals surface area contributed by atoms with Crippen LogP contribution in [0.15, 0.2) is 0 Å². The second kappa shape index (κ2) is 15.9. The smallest absolute Gasteiger partial charge is 0.298 e. The van der Waals surface area contributed by atoms with Crippen molar-refractivity contribution in [3.63, 3.8) is 0 Å². The first-order chi connectivity index (χ1) is 11.5. The summed E-state index contributed by atoms with van der Waals surface area (Å²) in [7, 11) is 0. The maximum atomic E-state index is 11.5. The summed E-state index contributed by atoms with van der Waals surface area (Å²) in [6, 6.07) is 0. The molecule has 3 heteroatoms. The van der Waals surface area contributed by atoms with E-state index < -0.39 is 0 Å². The van der Waals surface area contributed by atoms with Gasteiger partial charge in [-0.25, -0.2) is 4.79 Å². The highest BCUT2D eigenvalue weighted by atomic mass is 17.2. The Kier molecular flexibility index (Phi) is 15.6. The molecule has 0 saturated heterocycles. The Hall–Kier alpha value is -0.570. The molecule has 0 N–H and O–H groups in total. The van der Waals surface area contributed by atoms with Crippen LogP contribution in [0.4, 0.5) is 0 Å². The van der Waals surface area contributed by atoms with Gasteiger partial charge in [-0.15, -0.1) is 0 Å². The van der Waals surface area contributed by atoms with Crippen molar-refractivity contribution < 1.29 is 14.6 Å². The topological polar surface area (TPSA) is 35.5 Å². The summed E-state index contributed by atoms with van der Waals surface area (Å²) < 4.78 is 0. The molecule has 0 radical (unpaired) electrons. The highest BCUT2D eigenvalue weighted by molar-refractivity contribution is 5.68. The van der Waals surface area contributed by atoms with Crippen molar-refractivity contribution in [1.82, 2.24) is 0 Å². The molecule has 3 nitrogen and oxygen atoms in total. The first-order valence-corrected chi connectivity index (χ1v) is 10.3. The van der Waals surface area contributed by atoms with Crippen molar-refractivity contribution in [2.24, 2.45) is 5.41 Å². The standard InChI is InChI=1S/C21H42O3/c1-5-6-7-8-13-16-19-23-24-20(22)17-14-11-9-10-12-15-18-21(2,3)4/h5-19H2,1-4H3. The van der Waals surface area contributed by atoms with E-state index in [1.807, 2.05) is 0 Å². The maximum absolute atomic E-state index is 11.5. The second-order valence-corrected chi connectivity index (χ2v) is 8.23. The van der Waals surface area contributed by atoms with Crippen molar-refractivity contribution in [1.29, 1.82) is 0 Å². The van der Waals surface area contributed by atoms with Crippen LogP contribution in [-0.2, 0) is 14.6 Å². The molecule has 0 aliphatic rings. The van der Waals surface area contributed by atoms with Crippen molar-refractivity contribution in [3.05, 3.63) is 0 Å². The SMILES string of the molecule is CCCCCCCCOOC(=O)CCCCCCCCC(C)(C)C. The zero-order chi connectivity index (χ0) is 18.1. The van der Waals surface area contributed by atoms with Crippen molar-refractivity contribution >= 4 is 5.97 Å². The first kappa shape index (κ1) is 23.4. The third kappa shape index (κ3) is 19.5. The molecular weight excluding hydrogens is 300 g/mol. The fourth-order valence-corrected chi connectivity index (χ4v) is 2.72. The van der Waals surface area contributed by atoms with Crippen LogP contribution in [0.1, 0.15) is 118 Å². The predicted molar refractivity (Wildman–Crippen MR) is 102 cm³/mol. The average molecular weight is 343 g/mol. The van der Waals surface area contributed by atoms with Crippen LogP contribution in [-0.4, -0.2) is 12.6 Å². The minimum atomic E-state index is -0.214. The van der Waals surface area contributed by atoms with Gasteiger partial charge < -0.3 is 0 Å². The van der Waals surface area contributed by atoms with Gasteiger partial charge in [-0.05, 0) is 24.7 Å². The third-order valence-electron chi connectivity index (χ3n) is 4.29. The zero-order valence-electron chi connectivity index (χ0n) is 16.8. The second-order valence-electron chi connectivity index (χ2n) is 8.23. The van der Waals surface area contributed by atoms with Crippen LogP contribution in [0, 0.1) is 5.41 Å². The highest BCUT2D eigenvalue weighted by Crippen LogP contribution is 2.22. The van der Waals surface area contributed by atoms with Gasteiger partial charge in [0.2, 0.25) is 0 Å². The van der Waals surface area contributed by atoms with Crippen molar-refractivity contribution in [2.45, 2.75) is 118 Å². The summed E-state index contributed by atoms with van der Waals surface area (Å²) in [6.45, 7) is 9.65. The summed E-state index contributed by atoms with van der Waals surface area (Å²) in [4.78, 5) is 21.3. The predicted octanol–water partition coefficient (Wildman–Crippen LogP) is 6.99. The molecule has 0 bridgehead atoms. The molecule has 24 heavy (non-hydrogen) atoms. The number of carbonyl (C=O) groups is 1. The van der Waals surface area contributed by atoms with Gasteiger partial charge >= 0.3 is 5.97 Å². The van der Waals surface area contributed by atoms with Crippen LogP contribution in [0.5, 0.6) is 0 Å². The van der Waals surface area contributed by atoms with Gasteiger partial charge in [-0.3, -0.25) is 4.89 Å². The molecular formula is C21H42O3. The van der Waals surface area contributed by atoms with Gasteiger partial charge in [-0.1, -0.05) is 91.9 Å². The van der Waals surface area contributed by atoms with Crippen LogP contribution in [0.25, 0.3) is 0 Å². The van der Waals surface area contributed by atoms with Crippen LogP contribution in [0.3, 0.4) is 0 Å². The zero-order valence-corrected chi connectivity index (χ0v) is 16.8. The maximum Gasteiger partial charge on any atom is 0.342 e. The lowest BCUT2D eigenvalue weighted by atomic mass is 9.89. The van der Waals surface area contributed by atoms with Gasteiger partial charge in [-0.2, -0.15) is 4.89 Å². The molecule has 0 heterocycles. The highest BCUT2D eigenvalue weighted by Gasteiger charge is 2.08. The van der Waals surface area contributed by atoms with E-state index in [1.54, 1.807) is 0 Å². The Morgan fingerprint density at radius 1 is 0.750 bits per heavy atom. The van der Waals surface area contributed by atoms with Crippen LogP contribution < -0.4 is 0 Å². The van der Waals surface area contributed by atoms with E-state index in [-0.39, 0.29) is 5.97 Å². The normalized spacial score (nSPS) is 11.7. The van der Waals surface area contributed by atoms with Gasteiger partial charge in [0.25, 0.3) is 0 Å². The Morgan fingerprint density at radius 3 is 1.92 bits per heavy atom. The van der Waals surface area contributed by atoms with E-state index in [1.165, 1.54) is 57.8 Å². The van der Waals surface area contributed by atoms with Crippen molar-refractivity contribution in [2.75, 3.05) is 6.61 Å². The fraction of sp³-hybridized carbons (Fsp3) is 0.952. The van der Waals surface area contributed by atoms with E-state index in [4.69, 9.17) is 9.78 Å². The molecule has 0 unspecified atom stereocenters. The molecule has 0 spiro atoms. The number of carbonyl (C=O) groups excluding carboxylic acids is 1. The van der Waals surface area contributed by atoms with Gasteiger partial charge in [0.15, 0.2) is 0 Å². The molecule has 0 saturated carbocycles. The molecule has 0 aromatic heterocycles. The van der Waals surface area contributed by atoms with Gasteiger partial charge in [0.05, 0.1) is 6.61 Å². The summed E-state index contributed by atoms with van der Waals surface area (Å²) in [5, 5.41) is 0. The van der Waals surface area contributed by atoms with Crippen molar-refractivity contribution in [3.8, 4) is 0 Å². The summed E-state index contributed by atoms with van der Waals surface area (Å²) in [5.41, 5.74) is 0.458. The molecule has 0 fully saturated rings. The van der Waals surface area contributed by atoms with E-state index >= 15 is 0 Å². The fourth-order valence-electron chi connectivity index (χ4n) is 2.72. The Morgan fingerprint density at radius 2 is 1.29 bits per heavy atom. The van der Waals surface area contributed by atoms with Crippen LogP contribution in [0.2, 0.25) is 0 Å². The molecule has 0 atom stereocenters. The lowest BCUT2D eigenvalue weighted by Crippen LogP contribution is -2.06. The molecule has 0 aromatic rings. The Balaban J connectivity index is 3.21. The lowest BCUT2D eigenvalue weighted by molar-refractivity contribution is -0.272. The number of rotatable bonds is 16. The Labute approximate surface area is 150 Å². The monoisotopic (exact) mass is 342 g/mol. The van der Waals surface area contributed by atoms with E-state index in [9.17, 15) is 4.79 Å². The van der Waals surface area contributed by atoms with E-state index in [0.29, 0.717) is 18.4 Å². The molecule has 0 rings (SSSR count). The van der Waals surface area contributed by atoms with E-state index in [2.05, 4.69) is 27.7 Å². The summed E-state index contributed by atoms with van der Waals surface area (Å²) in [6.07, 6.45) is 16.2. The minimum absolute atomic E-state index is 0.214. The van der Waals surface area contributed by atoms with E-state index in [0.717, 1.165) is 25.7 Å². The quantitative estimate of drug-likeness (QED) is 0.172. The molecule has 0 amide bonds. The van der Waals surface area contributed by atoms with Gasteiger partial charge in [0, 0.05) is 6.42 Å². The van der Waals surface area contributed by atoms with Gasteiger partial charge in [0.1, 0.15) is 0 Å². The summed E-state index contributed by atoms with van der Waals surface area (Å²) in [5.74, 6) is -0.214. The third-order valence-corrected chi connectivity index (χ3v) is 4.29. The average Bonchev–Trinajstić information content (AvgIpc) is 2.51. The first-order valence-electron chi connectivity index (χ1n) is 10.3. The molecule has 144 valence electrons. The Bertz CT molecular complexity index is 281.